The molecule has 0 saturated heterocycles. The molecule has 22 valence electrons. The van der Waals surface area contributed by atoms with E-state index in [1.54, 1.807) is 0 Å². The minimum absolute atomic E-state index is 0. The van der Waals surface area contributed by atoms with Crippen LogP contribution in [0.4, 0.5) is 0 Å². The van der Waals surface area contributed by atoms with E-state index < -0.39 is 0 Å². The number of hydrogen-bond donors (Lipinski definition) is 0. The van der Waals surface area contributed by atoms with E-state index in [2.05, 4.69) is 13.2 Å². The van der Waals surface area contributed by atoms with Gasteiger partial charge in [0, 0.05) is 39.9 Å². The summed E-state index contributed by atoms with van der Waals surface area (Å²) >= 11 is 0. The summed E-state index contributed by atoms with van der Waals surface area (Å²) < 4.78 is 0. The standard InChI is InChI=1S/C2H4.Ga.Th.3H/c1-2;;;;;/h1-2H2;;;;;. The Hall–Kier alpha value is 1.70. The van der Waals surface area contributed by atoms with Crippen LogP contribution in [0.5, 0.6) is 0 Å². The fourth-order valence-electron chi connectivity index (χ4n) is 0. The Labute approximate surface area is 71.8 Å². The van der Waals surface area contributed by atoms with Crippen molar-refractivity contribution in [2.24, 2.45) is 0 Å². The quantitative estimate of drug-likeness (QED) is 0.419. The molecule has 0 fully saturated rings. The van der Waals surface area contributed by atoms with Crippen LogP contribution in [-0.4, -0.2) is 19.8 Å². The number of hydrogen-bond acceptors (Lipinski definition) is 0. The molecule has 0 aliphatic heterocycles. The average Bonchev–Trinajstić information content (AvgIpc) is 1.00. The zero-order chi connectivity index (χ0) is 2.00. The van der Waals surface area contributed by atoms with E-state index in [1.165, 1.54) is 0 Å². The van der Waals surface area contributed by atoms with E-state index in [9.17, 15) is 0 Å². The third kappa shape index (κ3) is 9.33. The molecular weight excluding hydrogens is 326 g/mol. The van der Waals surface area contributed by atoms with Crippen LogP contribution in [0.15, 0.2) is 13.2 Å². The second-order valence-electron chi connectivity index (χ2n) is 0. The molecule has 0 amide bonds. The van der Waals surface area contributed by atoms with E-state index >= 15 is 0 Å². The van der Waals surface area contributed by atoms with Crippen LogP contribution >= 0.6 is 0 Å². The van der Waals surface area contributed by atoms with E-state index in [0.717, 1.165) is 0 Å². The Kier molecular flexibility index (Phi) is 96.1. The Morgan fingerprint density at radius 3 is 1.00 bits per heavy atom. The summed E-state index contributed by atoms with van der Waals surface area (Å²) in [6, 6.07) is 0. The third-order valence-electron chi connectivity index (χ3n) is 0. The van der Waals surface area contributed by atoms with Gasteiger partial charge in [-0.2, -0.15) is 0 Å². The monoisotopic (exact) mass is 332 g/mol. The fraction of sp³-hybridized carbons (Fsp3) is 0. The second kappa shape index (κ2) is 22.3. The Morgan fingerprint density at radius 2 is 1.00 bits per heavy atom. The first-order valence-corrected chi connectivity index (χ1v) is 0.500. The average molecular weight is 333 g/mol. The molecule has 0 nitrogen and oxygen atoms in total. The van der Waals surface area contributed by atoms with Gasteiger partial charge in [-0.05, 0) is 0 Å². The van der Waals surface area contributed by atoms with Crippen LogP contribution < -0.4 is 0 Å². The zero-order valence-electron chi connectivity index (χ0n) is 1.91. The van der Waals surface area contributed by atoms with Gasteiger partial charge in [-0.25, -0.2) is 0 Å². The van der Waals surface area contributed by atoms with Crippen molar-refractivity contribution < 1.29 is 39.9 Å². The maximum absolute atomic E-state index is 3.00. The largest absolute Gasteiger partial charge is 0 e. The smallest absolute Gasteiger partial charge is 0 e. The molecule has 0 aliphatic carbocycles. The molecule has 2 heteroatoms. The van der Waals surface area contributed by atoms with Crippen molar-refractivity contribution in [2.75, 3.05) is 0 Å². The minimum Gasteiger partial charge on any atom is 0 e. The van der Waals surface area contributed by atoms with E-state index in [-0.39, 0.29) is 59.7 Å². The van der Waals surface area contributed by atoms with E-state index in [4.69, 9.17) is 0 Å². The summed E-state index contributed by atoms with van der Waals surface area (Å²) in [6.45, 7) is 6.00. The van der Waals surface area contributed by atoms with E-state index in [0.29, 0.717) is 0 Å². The normalized spacial score (nSPS) is 1.00. The van der Waals surface area contributed by atoms with Crippen LogP contribution in [0, 0.1) is 39.9 Å². The fourth-order valence-corrected chi connectivity index (χ4v) is 0. The summed E-state index contributed by atoms with van der Waals surface area (Å²) in [5.74, 6) is 0. The molecule has 0 atom stereocenters. The molecule has 0 aromatic carbocycles. The Morgan fingerprint density at radius 1 is 1.00 bits per heavy atom. The maximum atomic E-state index is 3.00. The number of rotatable bonds is 0. The van der Waals surface area contributed by atoms with Crippen molar-refractivity contribution in [1.82, 2.24) is 0 Å². The predicted octanol–water partition coefficient (Wildman–Crippen LogP) is -0.382. The Bertz CT molecular complexity index is 6.00. The van der Waals surface area contributed by atoms with Crippen LogP contribution in [0.2, 0.25) is 0 Å². The molecule has 4 heavy (non-hydrogen) atoms. The molecule has 0 N–H and O–H groups in total. The van der Waals surface area contributed by atoms with Gasteiger partial charge < -0.3 is 0 Å². The molecule has 0 bridgehead atoms. The molecule has 0 aliphatic rings. The van der Waals surface area contributed by atoms with Gasteiger partial charge in [-0.1, -0.05) is 0 Å². The van der Waals surface area contributed by atoms with Crippen molar-refractivity contribution in [3.8, 4) is 0 Å². The summed E-state index contributed by atoms with van der Waals surface area (Å²) in [5, 5.41) is 0. The van der Waals surface area contributed by atoms with Gasteiger partial charge in [0.15, 0.2) is 0 Å². The first kappa shape index (κ1) is 17.3. The van der Waals surface area contributed by atoms with Crippen LogP contribution in [0.1, 0.15) is 0 Å². The molecule has 0 heterocycles. The molecule has 0 aromatic heterocycles. The van der Waals surface area contributed by atoms with Crippen molar-refractivity contribution >= 4 is 19.8 Å². The SMILES string of the molecule is C=C.[GaH3].[Th]. The molecule has 0 aromatic rings. The van der Waals surface area contributed by atoms with Gasteiger partial charge in [0.05, 0.1) is 0 Å². The van der Waals surface area contributed by atoms with Crippen molar-refractivity contribution in [1.29, 1.82) is 0 Å². The summed E-state index contributed by atoms with van der Waals surface area (Å²) in [5.41, 5.74) is 0. The van der Waals surface area contributed by atoms with E-state index in [1.807, 2.05) is 0 Å². The van der Waals surface area contributed by atoms with Crippen LogP contribution in [-0.2, 0) is 0 Å². The molecule has 0 spiro atoms. The Balaban J connectivity index is -0.00000000500. The van der Waals surface area contributed by atoms with Crippen LogP contribution in [0.3, 0.4) is 0 Å². The maximum Gasteiger partial charge on any atom is 0 e. The van der Waals surface area contributed by atoms with Gasteiger partial charge >= 0.3 is 19.8 Å². The first-order valence-electron chi connectivity index (χ1n) is 0.500. The molecule has 0 saturated carbocycles. The second-order valence-corrected chi connectivity index (χ2v) is 0. The predicted molar refractivity (Wildman–Crippen MR) is 21.2 cm³/mol. The summed E-state index contributed by atoms with van der Waals surface area (Å²) in [7, 11) is 0. The minimum atomic E-state index is 0. The summed E-state index contributed by atoms with van der Waals surface area (Å²) in [4.78, 5) is 0. The van der Waals surface area contributed by atoms with Gasteiger partial charge in [-0.3, -0.25) is 0 Å². The molecular formula is C2H7GaTh. The van der Waals surface area contributed by atoms with Gasteiger partial charge in [-0.15, -0.1) is 13.2 Å². The van der Waals surface area contributed by atoms with Crippen molar-refractivity contribution in [2.45, 2.75) is 0 Å². The molecule has 0 rings (SSSR count). The zero-order valence-corrected chi connectivity index (χ0v) is 6.02. The van der Waals surface area contributed by atoms with Crippen molar-refractivity contribution in [3.05, 3.63) is 13.2 Å². The third-order valence-corrected chi connectivity index (χ3v) is 0. The van der Waals surface area contributed by atoms with Crippen LogP contribution in [0.25, 0.3) is 0 Å². The molecule has 0 radical (unpaired) electrons. The van der Waals surface area contributed by atoms with Gasteiger partial charge in [0.25, 0.3) is 0 Å². The van der Waals surface area contributed by atoms with Crippen molar-refractivity contribution in [3.63, 3.8) is 0 Å². The first-order chi connectivity index (χ1) is 1.00. The summed E-state index contributed by atoms with van der Waals surface area (Å²) in [6.07, 6.45) is 0. The topological polar surface area (TPSA) is 0 Å². The van der Waals surface area contributed by atoms with Gasteiger partial charge in [0.2, 0.25) is 0 Å². The molecule has 0 unspecified atom stereocenters. The van der Waals surface area contributed by atoms with Gasteiger partial charge in [0.1, 0.15) is 0 Å².